The number of anilines is 1. The Morgan fingerprint density at radius 2 is 1.66 bits per heavy atom. The summed E-state index contributed by atoms with van der Waals surface area (Å²) in [5.74, 6) is 1.09. The van der Waals surface area contributed by atoms with E-state index in [0.29, 0.717) is 37.4 Å². The first kappa shape index (κ1) is 24.6. The molecule has 35 heavy (non-hydrogen) atoms. The summed E-state index contributed by atoms with van der Waals surface area (Å²) >= 11 is 0. The van der Waals surface area contributed by atoms with E-state index < -0.39 is 11.7 Å². The molecular formula is C27H27F3N2O3. The van der Waals surface area contributed by atoms with Gasteiger partial charge in [0.2, 0.25) is 5.91 Å². The number of hydrogen-bond acceptors (Lipinski definition) is 3. The molecule has 2 heterocycles. The Balaban J connectivity index is 1.43. The quantitative estimate of drug-likeness (QED) is 0.457. The molecule has 0 bridgehead atoms. The number of alkyl halides is 3. The minimum Gasteiger partial charge on any atom is -0.461 e. The van der Waals surface area contributed by atoms with Crippen LogP contribution >= 0.6 is 0 Å². The van der Waals surface area contributed by atoms with E-state index in [-0.39, 0.29) is 22.8 Å². The van der Waals surface area contributed by atoms with Gasteiger partial charge in [0.15, 0.2) is 0 Å². The van der Waals surface area contributed by atoms with Gasteiger partial charge in [-0.2, -0.15) is 13.2 Å². The molecule has 4 rings (SSSR count). The van der Waals surface area contributed by atoms with E-state index in [1.165, 1.54) is 12.1 Å². The van der Waals surface area contributed by atoms with E-state index in [2.05, 4.69) is 5.32 Å². The van der Waals surface area contributed by atoms with Crippen molar-refractivity contribution in [3.8, 4) is 11.3 Å². The molecule has 184 valence electrons. The van der Waals surface area contributed by atoms with Crippen molar-refractivity contribution in [2.45, 2.75) is 46.3 Å². The third kappa shape index (κ3) is 5.93. The molecule has 0 saturated carbocycles. The predicted molar refractivity (Wildman–Crippen MR) is 127 cm³/mol. The third-order valence-corrected chi connectivity index (χ3v) is 5.76. The molecule has 0 spiro atoms. The number of furan rings is 1. The largest absolute Gasteiger partial charge is 0.461 e. The number of benzene rings is 2. The number of carbonyl (C=O) groups excluding carboxylic acids is 2. The first-order valence-corrected chi connectivity index (χ1v) is 11.4. The van der Waals surface area contributed by atoms with Gasteiger partial charge in [-0.3, -0.25) is 9.59 Å². The lowest BCUT2D eigenvalue weighted by Gasteiger charge is -2.26. The Morgan fingerprint density at radius 1 is 1.00 bits per heavy atom. The van der Waals surface area contributed by atoms with Crippen molar-refractivity contribution in [3.63, 3.8) is 0 Å². The molecule has 3 aromatic rings. The first-order valence-electron chi connectivity index (χ1n) is 11.4. The second-order valence-corrected chi connectivity index (χ2v) is 9.97. The van der Waals surface area contributed by atoms with Gasteiger partial charge in [-0.15, -0.1) is 0 Å². The predicted octanol–water partition coefficient (Wildman–Crippen LogP) is 6.54. The normalized spacial score (nSPS) is 13.9. The molecule has 2 amide bonds. The maximum atomic E-state index is 12.8. The Kier molecular flexibility index (Phi) is 6.49. The van der Waals surface area contributed by atoms with E-state index in [0.717, 1.165) is 29.0 Å². The van der Waals surface area contributed by atoms with Gasteiger partial charge in [-0.1, -0.05) is 20.8 Å². The molecule has 8 heteroatoms. The van der Waals surface area contributed by atoms with Crippen LogP contribution in [0.25, 0.3) is 11.3 Å². The summed E-state index contributed by atoms with van der Waals surface area (Å²) in [7, 11) is 0. The zero-order valence-electron chi connectivity index (χ0n) is 19.8. The van der Waals surface area contributed by atoms with Crippen LogP contribution in [-0.4, -0.2) is 23.3 Å². The zero-order valence-corrected chi connectivity index (χ0v) is 19.8. The number of rotatable bonds is 4. The molecule has 0 saturated heterocycles. The fourth-order valence-corrected chi connectivity index (χ4v) is 4.04. The Labute approximate surface area is 201 Å². The molecule has 1 aromatic heterocycles. The molecule has 5 nitrogen and oxygen atoms in total. The Morgan fingerprint density at radius 3 is 2.26 bits per heavy atom. The Hall–Kier alpha value is -3.55. The lowest BCUT2D eigenvalue weighted by Crippen LogP contribution is -2.35. The fraction of sp³-hybridized carbons (Fsp3) is 0.333. The van der Waals surface area contributed by atoms with Crippen molar-refractivity contribution in [1.82, 2.24) is 4.90 Å². The number of amides is 2. The lowest BCUT2D eigenvalue weighted by molar-refractivity contribution is -0.137. The summed E-state index contributed by atoms with van der Waals surface area (Å²) in [5, 5.41) is 2.90. The van der Waals surface area contributed by atoms with Crippen LogP contribution in [0, 0.1) is 5.41 Å². The van der Waals surface area contributed by atoms with Gasteiger partial charge in [-0.05, 0) is 60.0 Å². The summed E-state index contributed by atoms with van der Waals surface area (Å²) in [6, 6.07) is 13.5. The van der Waals surface area contributed by atoms with Crippen LogP contribution in [-0.2, 0) is 23.9 Å². The van der Waals surface area contributed by atoms with Gasteiger partial charge < -0.3 is 14.6 Å². The molecule has 2 aromatic carbocycles. The molecule has 0 radical (unpaired) electrons. The van der Waals surface area contributed by atoms with Gasteiger partial charge in [0.05, 0.1) is 5.56 Å². The topological polar surface area (TPSA) is 62.6 Å². The van der Waals surface area contributed by atoms with Crippen molar-refractivity contribution in [2.24, 2.45) is 5.41 Å². The second-order valence-electron chi connectivity index (χ2n) is 9.97. The molecule has 0 unspecified atom stereocenters. The standard InChI is InChI=1S/C27H27F3N2O3/c1-26(2,3)15-24(33)31-21-10-6-17(7-11-21)23-14-19-16-32(13-12-22(19)35-23)25(34)18-4-8-20(9-5-18)27(28,29)30/h4-11,14H,12-13,15-16H2,1-3H3,(H,31,33). The van der Waals surface area contributed by atoms with Crippen LogP contribution in [0.2, 0.25) is 0 Å². The second kappa shape index (κ2) is 9.24. The fourth-order valence-electron chi connectivity index (χ4n) is 4.04. The van der Waals surface area contributed by atoms with Crippen LogP contribution in [0.3, 0.4) is 0 Å². The van der Waals surface area contributed by atoms with Crippen LogP contribution in [0.5, 0.6) is 0 Å². The highest BCUT2D eigenvalue weighted by Gasteiger charge is 2.31. The SMILES string of the molecule is CC(C)(C)CC(=O)Nc1ccc(-c2cc3c(o2)CCN(C(=O)c2ccc(C(F)(F)F)cc2)C3)cc1. The summed E-state index contributed by atoms with van der Waals surface area (Å²) in [6.07, 6.45) is -3.50. The smallest absolute Gasteiger partial charge is 0.416 e. The zero-order chi connectivity index (χ0) is 25.4. The molecule has 1 N–H and O–H groups in total. The summed E-state index contributed by atoms with van der Waals surface area (Å²) in [4.78, 5) is 26.6. The van der Waals surface area contributed by atoms with Gasteiger partial charge in [0, 0.05) is 48.3 Å². The van der Waals surface area contributed by atoms with E-state index in [9.17, 15) is 22.8 Å². The lowest BCUT2D eigenvalue weighted by atomic mass is 9.92. The minimum absolute atomic E-state index is 0.0449. The minimum atomic E-state index is -4.44. The highest BCUT2D eigenvalue weighted by molar-refractivity contribution is 5.94. The number of hydrogen-bond donors (Lipinski definition) is 1. The number of fused-ring (bicyclic) bond motifs is 1. The number of carbonyl (C=O) groups is 2. The summed E-state index contributed by atoms with van der Waals surface area (Å²) in [5.41, 5.74) is 1.75. The van der Waals surface area contributed by atoms with Crippen LogP contribution in [0.15, 0.2) is 59.0 Å². The maximum Gasteiger partial charge on any atom is 0.416 e. The highest BCUT2D eigenvalue weighted by atomic mass is 19.4. The van der Waals surface area contributed by atoms with E-state index in [1.54, 1.807) is 4.90 Å². The van der Waals surface area contributed by atoms with Crippen molar-refractivity contribution < 1.29 is 27.2 Å². The highest BCUT2D eigenvalue weighted by Crippen LogP contribution is 2.32. The van der Waals surface area contributed by atoms with Crippen LogP contribution in [0.4, 0.5) is 18.9 Å². The van der Waals surface area contributed by atoms with Crippen molar-refractivity contribution in [1.29, 1.82) is 0 Å². The van der Waals surface area contributed by atoms with Crippen molar-refractivity contribution >= 4 is 17.5 Å². The first-order chi connectivity index (χ1) is 16.4. The summed E-state index contributed by atoms with van der Waals surface area (Å²) in [6.45, 7) is 6.75. The average Bonchev–Trinajstić information content (AvgIpc) is 3.20. The molecular weight excluding hydrogens is 457 g/mol. The molecule has 1 aliphatic rings. The molecule has 0 atom stereocenters. The third-order valence-electron chi connectivity index (χ3n) is 5.76. The van der Waals surface area contributed by atoms with E-state index in [1.807, 2.05) is 51.1 Å². The number of halogens is 3. The van der Waals surface area contributed by atoms with Gasteiger partial charge in [0.1, 0.15) is 11.5 Å². The number of nitrogens with zero attached hydrogens (tertiary/aromatic N) is 1. The van der Waals surface area contributed by atoms with Gasteiger partial charge in [0.25, 0.3) is 5.91 Å². The monoisotopic (exact) mass is 484 g/mol. The van der Waals surface area contributed by atoms with Crippen molar-refractivity contribution in [2.75, 3.05) is 11.9 Å². The molecule has 0 aliphatic carbocycles. The maximum absolute atomic E-state index is 12.8. The average molecular weight is 485 g/mol. The van der Waals surface area contributed by atoms with Crippen LogP contribution in [0.1, 0.15) is 54.4 Å². The summed E-state index contributed by atoms with van der Waals surface area (Å²) < 4.78 is 44.4. The Bertz CT molecular complexity index is 1220. The van der Waals surface area contributed by atoms with E-state index in [4.69, 9.17) is 4.42 Å². The molecule has 1 aliphatic heterocycles. The van der Waals surface area contributed by atoms with Gasteiger partial charge in [-0.25, -0.2) is 0 Å². The van der Waals surface area contributed by atoms with Crippen LogP contribution < -0.4 is 5.32 Å². The van der Waals surface area contributed by atoms with E-state index >= 15 is 0 Å². The number of nitrogens with one attached hydrogen (secondary N) is 1. The van der Waals surface area contributed by atoms with Crippen molar-refractivity contribution in [3.05, 3.63) is 77.0 Å². The van der Waals surface area contributed by atoms with Gasteiger partial charge >= 0.3 is 6.18 Å². The molecule has 0 fully saturated rings.